The van der Waals surface area contributed by atoms with Gasteiger partial charge in [0.15, 0.2) is 11.6 Å². The fourth-order valence-electron chi connectivity index (χ4n) is 2.94. The highest BCUT2D eigenvalue weighted by Gasteiger charge is 2.61. The molecule has 132 valence electrons. The van der Waals surface area contributed by atoms with Crippen molar-refractivity contribution >= 4 is 17.6 Å². The van der Waals surface area contributed by atoms with Gasteiger partial charge in [0.25, 0.3) is 0 Å². The van der Waals surface area contributed by atoms with Crippen LogP contribution in [0.1, 0.15) is 38.8 Å². The maximum atomic E-state index is 13.9. The second kappa shape index (κ2) is 6.43. The van der Waals surface area contributed by atoms with Crippen molar-refractivity contribution in [2.75, 3.05) is 0 Å². The lowest BCUT2D eigenvalue weighted by atomic mass is 10.1. The highest BCUT2D eigenvalue weighted by atomic mass is 35.5. The van der Waals surface area contributed by atoms with E-state index in [1.54, 1.807) is 0 Å². The normalized spacial score (nSPS) is 21.4. The summed E-state index contributed by atoms with van der Waals surface area (Å²) in [5, 5.41) is -0.560. The maximum Gasteiger partial charge on any atom is 0.310 e. The second-order valence-electron chi connectivity index (χ2n) is 7.04. The molecule has 2 rings (SSSR count). The van der Waals surface area contributed by atoms with Crippen LogP contribution in [0.2, 0.25) is 5.02 Å². The van der Waals surface area contributed by atoms with Crippen LogP contribution in [0.4, 0.5) is 13.2 Å². The second-order valence-corrected chi connectivity index (χ2v) is 7.41. The lowest BCUT2D eigenvalue weighted by molar-refractivity contribution is -0.147. The Balaban J connectivity index is 2.16. The third-order valence-corrected chi connectivity index (χ3v) is 5.00. The standard InChI is InChI=1S/C18H20ClF3O2/c1-8(2)6-11-12(18(11,4)5)17(23)24-7-10-13(19)14(20)9(3)15(21)16(10)22/h6,11-12H,7H2,1-5H3/t11-,12+/m1/s1. The van der Waals surface area contributed by atoms with Crippen molar-refractivity contribution in [3.8, 4) is 0 Å². The van der Waals surface area contributed by atoms with Gasteiger partial charge in [-0.15, -0.1) is 0 Å². The third kappa shape index (κ3) is 3.18. The highest BCUT2D eigenvalue weighted by Crippen LogP contribution is 2.59. The van der Waals surface area contributed by atoms with Gasteiger partial charge in [0.05, 0.1) is 10.9 Å². The number of allylic oxidation sites excluding steroid dienone is 2. The Kier molecular flexibility index (Phi) is 5.05. The monoisotopic (exact) mass is 360 g/mol. The Morgan fingerprint density at radius 3 is 2.33 bits per heavy atom. The number of carbonyl (C=O) groups excluding carboxylic acids is 1. The molecule has 0 heterocycles. The third-order valence-electron chi connectivity index (χ3n) is 4.61. The van der Waals surface area contributed by atoms with Crippen LogP contribution in [0.5, 0.6) is 0 Å². The van der Waals surface area contributed by atoms with Crippen LogP contribution in [0.15, 0.2) is 11.6 Å². The van der Waals surface area contributed by atoms with Crippen molar-refractivity contribution in [2.24, 2.45) is 17.3 Å². The molecule has 0 spiro atoms. The molecule has 2 atom stereocenters. The Labute approximate surface area is 144 Å². The van der Waals surface area contributed by atoms with Gasteiger partial charge in [-0.1, -0.05) is 37.1 Å². The summed E-state index contributed by atoms with van der Waals surface area (Å²) in [6, 6.07) is 0. The molecule has 1 aliphatic rings. The summed E-state index contributed by atoms with van der Waals surface area (Å²) < 4.78 is 46.4. The maximum absolute atomic E-state index is 13.9. The summed E-state index contributed by atoms with van der Waals surface area (Å²) in [4.78, 5) is 12.2. The smallest absolute Gasteiger partial charge is 0.310 e. The predicted molar refractivity (Wildman–Crippen MR) is 86.1 cm³/mol. The molecular formula is C18H20ClF3O2. The number of benzene rings is 1. The van der Waals surface area contributed by atoms with Gasteiger partial charge in [-0.05, 0) is 32.1 Å². The minimum absolute atomic E-state index is 0.0295. The summed E-state index contributed by atoms with van der Waals surface area (Å²) in [6.07, 6.45) is 1.99. The van der Waals surface area contributed by atoms with Gasteiger partial charge in [-0.2, -0.15) is 0 Å². The Bertz CT molecular complexity index is 692. The summed E-state index contributed by atoms with van der Waals surface area (Å²) in [6.45, 7) is 8.22. The van der Waals surface area contributed by atoms with Crippen molar-refractivity contribution in [1.82, 2.24) is 0 Å². The van der Waals surface area contributed by atoms with E-state index in [4.69, 9.17) is 16.3 Å². The van der Waals surface area contributed by atoms with Crippen molar-refractivity contribution in [3.63, 3.8) is 0 Å². The van der Waals surface area contributed by atoms with Crippen LogP contribution in [-0.4, -0.2) is 5.97 Å². The van der Waals surface area contributed by atoms with E-state index in [0.29, 0.717) is 0 Å². The van der Waals surface area contributed by atoms with E-state index < -0.39 is 46.2 Å². The van der Waals surface area contributed by atoms with E-state index in [9.17, 15) is 18.0 Å². The first-order chi connectivity index (χ1) is 11.0. The molecule has 6 heteroatoms. The average Bonchev–Trinajstić information content (AvgIpc) is 3.02. The first kappa shape index (κ1) is 18.8. The molecule has 0 aromatic heterocycles. The topological polar surface area (TPSA) is 26.3 Å². The number of carbonyl (C=O) groups is 1. The van der Waals surface area contributed by atoms with Crippen LogP contribution in [-0.2, 0) is 16.1 Å². The number of ether oxygens (including phenoxy) is 1. The Morgan fingerprint density at radius 1 is 1.21 bits per heavy atom. The van der Waals surface area contributed by atoms with Gasteiger partial charge in [0, 0.05) is 11.1 Å². The molecule has 0 aliphatic heterocycles. The first-order valence-electron chi connectivity index (χ1n) is 7.63. The van der Waals surface area contributed by atoms with Crippen molar-refractivity contribution in [3.05, 3.63) is 45.3 Å². The zero-order chi connectivity index (χ0) is 18.4. The molecule has 0 unspecified atom stereocenters. The first-order valence-corrected chi connectivity index (χ1v) is 8.01. The van der Waals surface area contributed by atoms with E-state index in [1.807, 2.05) is 33.8 Å². The zero-order valence-corrected chi connectivity index (χ0v) is 15.0. The molecule has 2 nitrogen and oxygen atoms in total. The van der Waals surface area contributed by atoms with E-state index in [-0.39, 0.29) is 17.3 Å². The molecule has 1 aliphatic carbocycles. The van der Waals surface area contributed by atoms with E-state index in [2.05, 4.69) is 0 Å². The minimum atomic E-state index is -1.32. The van der Waals surface area contributed by atoms with E-state index in [0.717, 1.165) is 12.5 Å². The van der Waals surface area contributed by atoms with E-state index in [1.165, 1.54) is 0 Å². The molecular weight excluding hydrogens is 341 g/mol. The summed E-state index contributed by atoms with van der Waals surface area (Å²) in [5.41, 5.74) is -0.164. The number of halogens is 4. The molecule has 0 radical (unpaired) electrons. The molecule has 0 saturated heterocycles. The summed E-state index contributed by atoms with van der Waals surface area (Å²) in [7, 11) is 0. The molecule has 0 bridgehead atoms. The fraction of sp³-hybridized carbons (Fsp3) is 0.500. The predicted octanol–water partition coefficient (Wildman–Crippen LogP) is 5.35. The van der Waals surface area contributed by atoms with Gasteiger partial charge in [-0.25, -0.2) is 13.2 Å². The molecule has 0 N–H and O–H groups in total. The highest BCUT2D eigenvalue weighted by molar-refractivity contribution is 6.31. The van der Waals surface area contributed by atoms with E-state index >= 15 is 0 Å². The number of rotatable bonds is 4. The zero-order valence-electron chi connectivity index (χ0n) is 14.3. The Hall–Kier alpha value is -1.49. The minimum Gasteiger partial charge on any atom is -0.460 e. The number of esters is 1. The van der Waals surface area contributed by atoms with Crippen LogP contribution in [0.25, 0.3) is 0 Å². The number of hydrogen-bond donors (Lipinski definition) is 0. The summed E-state index contributed by atoms with van der Waals surface area (Å²) >= 11 is 5.73. The lowest BCUT2D eigenvalue weighted by Gasteiger charge is -2.11. The number of hydrogen-bond acceptors (Lipinski definition) is 2. The van der Waals surface area contributed by atoms with Crippen LogP contribution in [0.3, 0.4) is 0 Å². The van der Waals surface area contributed by atoms with Crippen LogP contribution >= 0.6 is 11.6 Å². The van der Waals surface area contributed by atoms with Crippen LogP contribution < -0.4 is 0 Å². The average molecular weight is 361 g/mol. The SMILES string of the molecule is CC(C)=C[C@@H]1[C@@H](C(=O)OCc2c(F)c(F)c(C)c(F)c2Cl)C1(C)C. The molecule has 1 fully saturated rings. The summed E-state index contributed by atoms with van der Waals surface area (Å²) in [5.74, 6) is -4.52. The van der Waals surface area contributed by atoms with Crippen LogP contribution in [0, 0.1) is 41.6 Å². The fourth-order valence-corrected chi connectivity index (χ4v) is 3.22. The molecule has 1 aromatic rings. The van der Waals surface area contributed by atoms with Gasteiger partial charge in [0.2, 0.25) is 0 Å². The molecule has 1 aromatic carbocycles. The lowest BCUT2D eigenvalue weighted by Crippen LogP contribution is -2.13. The largest absolute Gasteiger partial charge is 0.460 e. The molecule has 1 saturated carbocycles. The molecule has 24 heavy (non-hydrogen) atoms. The Morgan fingerprint density at radius 2 is 1.79 bits per heavy atom. The quantitative estimate of drug-likeness (QED) is 0.411. The van der Waals surface area contributed by atoms with Crippen molar-refractivity contribution < 1.29 is 22.7 Å². The van der Waals surface area contributed by atoms with Gasteiger partial charge >= 0.3 is 5.97 Å². The van der Waals surface area contributed by atoms with Gasteiger partial charge in [0.1, 0.15) is 12.4 Å². The van der Waals surface area contributed by atoms with Gasteiger partial charge < -0.3 is 4.74 Å². The molecule has 0 amide bonds. The van der Waals surface area contributed by atoms with Gasteiger partial charge in [-0.3, -0.25) is 4.79 Å². The van der Waals surface area contributed by atoms with Crippen molar-refractivity contribution in [2.45, 2.75) is 41.2 Å². The van der Waals surface area contributed by atoms with Crippen molar-refractivity contribution in [1.29, 1.82) is 0 Å².